The molecule has 0 amide bonds. The normalized spacial score (nSPS) is 14.1. The van der Waals surface area contributed by atoms with E-state index >= 15 is 0 Å². The van der Waals surface area contributed by atoms with Crippen LogP contribution in [0.4, 0.5) is 13.2 Å². The second-order valence-electron chi connectivity index (χ2n) is 3.06. The van der Waals surface area contributed by atoms with E-state index in [-0.39, 0.29) is 30.1 Å². The van der Waals surface area contributed by atoms with Crippen molar-refractivity contribution < 1.29 is 13.2 Å². The van der Waals surface area contributed by atoms with E-state index in [0.717, 1.165) is 0 Å². The Kier molecular flexibility index (Phi) is 4.54. The monoisotopic (exact) mass is 255 g/mol. The lowest BCUT2D eigenvalue weighted by molar-refractivity contribution is -0.0328. The zero-order valence-electron chi connectivity index (χ0n) is 8.82. The number of aromatic nitrogens is 4. The van der Waals surface area contributed by atoms with Gasteiger partial charge in [0, 0.05) is 5.75 Å². The molecule has 0 aliphatic rings. The molecule has 0 aliphatic heterocycles. The third-order valence-electron chi connectivity index (χ3n) is 1.95. The molecule has 0 spiro atoms. The predicted molar refractivity (Wildman–Crippen MR) is 53.8 cm³/mol. The van der Waals surface area contributed by atoms with Crippen LogP contribution < -0.4 is 5.32 Å². The van der Waals surface area contributed by atoms with E-state index < -0.39 is 5.51 Å². The van der Waals surface area contributed by atoms with E-state index in [1.165, 1.54) is 4.68 Å². The van der Waals surface area contributed by atoms with Crippen LogP contribution >= 0.6 is 11.8 Å². The first-order valence-corrected chi connectivity index (χ1v) is 5.56. The van der Waals surface area contributed by atoms with Gasteiger partial charge in [-0.2, -0.15) is 13.2 Å². The van der Waals surface area contributed by atoms with Crippen molar-refractivity contribution in [1.29, 1.82) is 0 Å². The highest BCUT2D eigenvalue weighted by molar-refractivity contribution is 8.00. The Labute approximate surface area is 94.8 Å². The van der Waals surface area contributed by atoms with Crippen LogP contribution in [0.5, 0.6) is 0 Å². The van der Waals surface area contributed by atoms with Crippen LogP contribution in [0.3, 0.4) is 0 Å². The van der Waals surface area contributed by atoms with Gasteiger partial charge in [0.25, 0.3) is 0 Å². The van der Waals surface area contributed by atoms with Crippen molar-refractivity contribution in [3.8, 4) is 0 Å². The Hall–Kier alpha value is -0.830. The summed E-state index contributed by atoms with van der Waals surface area (Å²) in [6, 6.07) is -0.0918. The molecular formula is C7H12F3N5S. The van der Waals surface area contributed by atoms with E-state index in [1.54, 1.807) is 7.05 Å². The first-order valence-electron chi connectivity index (χ1n) is 4.58. The van der Waals surface area contributed by atoms with E-state index in [4.69, 9.17) is 0 Å². The number of aryl methyl sites for hydroxylation is 1. The van der Waals surface area contributed by atoms with Crippen molar-refractivity contribution in [3.63, 3.8) is 0 Å². The Morgan fingerprint density at radius 2 is 2.19 bits per heavy atom. The summed E-state index contributed by atoms with van der Waals surface area (Å²) in [5.74, 6) is 0.433. The number of halogens is 3. The molecule has 0 aromatic carbocycles. The molecule has 1 aromatic heterocycles. The number of rotatable bonds is 5. The van der Waals surface area contributed by atoms with Crippen molar-refractivity contribution in [2.45, 2.75) is 25.0 Å². The maximum absolute atomic E-state index is 11.9. The minimum Gasteiger partial charge on any atom is -0.311 e. The number of tetrazole rings is 1. The van der Waals surface area contributed by atoms with E-state index in [1.807, 2.05) is 6.92 Å². The summed E-state index contributed by atoms with van der Waals surface area (Å²) in [4.78, 5) is 0. The van der Waals surface area contributed by atoms with Gasteiger partial charge in [-0.3, -0.25) is 0 Å². The van der Waals surface area contributed by atoms with Crippen molar-refractivity contribution in [2.75, 3.05) is 12.8 Å². The fourth-order valence-corrected chi connectivity index (χ4v) is 1.55. The molecule has 1 unspecified atom stereocenters. The Morgan fingerprint density at radius 1 is 1.50 bits per heavy atom. The molecule has 0 saturated heterocycles. The average Bonchev–Trinajstić information content (AvgIpc) is 2.63. The average molecular weight is 255 g/mol. The summed E-state index contributed by atoms with van der Waals surface area (Å²) in [6.45, 7) is 1.97. The first kappa shape index (κ1) is 13.2. The highest BCUT2D eigenvalue weighted by Crippen LogP contribution is 2.30. The molecule has 16 heavy (non-hydrogen) atoms. The van der Waals surface area contributed by atoms with Crippen LogP contribution in [0, 0.1) is 0 Å². The van der Waals surface area contributed by atoms with Gasteiger partial charge in [-0.1, -0.05) is 0 Å². The second kappa shape index (κ2) is 5.48. The summed E-state index contributed by atoms with van der Waals surface area (Å²) in [5.41, 5.74) is -4.21. The Morgan fingerprint density at radius 3 is 2.75 bits per heavy atom. The molecule has 1 aromatic rings. The summed E-state index contributed by atoms with van der Waals surface area (Å²) < 4.78 is 37.1. The summed E-state index contributed by atoms with van der Waals surface area (Å²) >= 11 is -0.0770. The summed E-state index contributed by atoms with van der Waals surface area (Å²) in [5, 5.41) is 13.8. The molecule has 0 saturated carbocycles. The zero-order chi connectivity index (χ0) is 12.2. The molecule has 0 bridgehead atoms. The lowest BCUT2D eigenvalue weighted by Crippen LogP contribution is -2.19. The highest BCUT2D eigenvalue weighted by atomic mass is 32.2. The second-order valence-corrected chi connectivity index (χ2v) is 4.22. The largest absolute Gasteiger partial charge is 0.441 e. The Bertz CT molecular complexity index is 326. The quantitative estimate of drug-likeness (QED) is 0.857. The number of thioether (sulfide) groups is 1. The fraction of sp³-hybridized carbons (Fsp3) is 0.857. The number of alkyl halides is 3. The number of nitrogens with zero attached hydrogens (tertiary/aromatic N) is 4. The molecule has 92 valence electrons. The van der Waals surface area contributed by atoms with Crippen LogP contribution in [0.2, 0.25) is 0 Å². The highest BCUT2D eigenvalue weighted by Gasteiger charge is 2.27. The van der Waals surface area contributed by atoms with Gasteiger partial charge in [0.05, 0.1) is 12.6 Å². The molecule has 0 fully saturated rings. The van der Waals surface area contributed by atoms with E-state index in [9.17, 15) is 13.2 Å². The smallest absolute Gasteiger partial charge is 0.311 e. The van der Waals surface area contributed by atoms with Gasteiger partial charge in [-0.25, -0.2) is 4.68 Å². The molecule has 0 radical (unpaired) electrons. The van der Waals surface area contributed by atoms with Crippen molar-refractivity contribution in [1.82, 2.24) is 25.5 Å². The van der Waals surface area contributed by atoms with Gasteiger partial charge < -0.3 is 5.32 Å². The minimum absolute atomic E-state index is 0.0770. The molecule has 5 nitrogen and oxygen atoms in total. The van der Waals surface area contributed by atoms with E-state index in [0.29, 0.717) is 5.82 Å². The van der Waals surface area contributed by atoms with Gasteiger partial charge in [0.2, 0.25) is 0 Å². The number of nitrogens with one attached hydrogen (secondary N) is 1. The van der Waals surface area contributed by atoms with Crippen LogP contribution in [0.25, 0.3) is 0 Å². The summed E-state index contributed by atoms with van der Waals surface area (Å²) in [6.07, 6.45) is 0. The molecule has 9 heteroatoms. The number of hydrogen-bond acceptors (Lipinski definition) is 5. The third-order valence-corrected chi connectivity index (χ3v) is 2.66. The molecular weight excluding hydrogens is 243 g/mol. The molecule has 1 rings (SSSR count). The van der Waals surface area contributed by atoms with Gasteiger partial charge >= 0.3 is 5.51 Å². The predicted octanol–water partition coefficient (Wildman–Crippen LogP) is 1.21. The standard InChI is InChI=1S/C7H12F3N5S/c1-5(11-2)6-12-13-14-15(6)3-4-16-7(8,9)10/h5,11H,3-4H2,1-2H3. The van der Waals surface area contributed by atoms with Crippen LogP contribution in [-0.2, 0) is 6.54 Å². The van der Waals surface area contributed by atoms with Gasteiger partial charge in [0.15, 0.2) is 5.82 Å². The SMILES string of the molecule is CNC(C)c1nnnn1CCSC(F)(F)F. The zero-order valence-corrected chi connectivity index (χ0v) is 9.64. The topological polar surface area (TPSA) is 55.6 Å². The van der Waals surface area contributed by atoms with Gasteiger partial charge in [-0.15, -0.1) is 5.10 Å². The summed E-state index contributed by atoms with van der Waals surface area (Å²) in [7, 11) is 1.73. The van der Waals surface area contributed by atoms with Gasteiger partial charge in [-0.05, 0) is 36.2 Å². The van der Waals surface area contributed by atoms with Crippen LogP contribution in [0.1, 0.15) is 18.8 Å². The Balaban J connectivity index is 2.51. The van der Waals surface area contributed by atoms with Crippen molar-refractivity contribution in [3.05, 3.63) is 5.82 Å². The maximum atomic E-state index is 11.9. The molecule has 1 N–H and O–H groups in total. The van der Waals surface area contributed by atoms with Crippen LogP contribution in [-0.4, -0.2) is 38.5 Å². The lowest BCUT2D eigenvalue weighted by Gasteiger charge is -2.10. The molecule has 0 aliphatic carbocycles. The maximum Gasteiger partial charge on any atom is 0.441 e. The minimum atomic E-state index is -4.21. The molecule has 1 heterocycles. The fourth-order valence-electron chi connectivity index (χ4n) is 1.06. The van der Waals surface area contributed by atoms with E-state index in [2.05, 4.69) is 20.8 Å². The van der Waals surface area contributed by atoms with Crippen molar-refractivity contribution >= 4 is 11.8 Å². The van der Waals surface area contributed by atoms with Crippen LogP contribution in [0.15, 0.2) is 0 Å². The van der Waals surface area contributed by atoms with Crippen molar-refractivity contribution in [2.24, 2.45) is 0 Å². The first-order chi connectivity index (χ1) is 7.44. The molecule has 1 atom stereocenters. The third kappa shape index (κ3) is 3.97. The lowest BCUT2D eigenvalue weighted by atomic mass is 10.3. The number of hydrogen-bond donors (Lipinski definition) is 1. The van der Waals surface area contributed by atoms with Gasteiger partial charge in [0.1, 0.15) is 0 Å².